The van der Waals surface area contributed by atoms with Crippen molar-refractivity contribution < 1.29 is 17.9 Å². The third-order valence-electron chi connectivity index (χ3n) is 5.23. The summed E-state index contributed by atoms with van der Waals surface area (Å²) in [5.41, 5.74) is 0.292. The van der Waals surface area contributed by atoms with Crippen molar-refractivity contribution in [1.82, 2.24) is 9.62 Å². The molecule has 1 saturated heterocycles. The zero-order valence-corrected chi connectivity index (χ0v) is 17.3. The molecule has 2 aliphatic rings. The van der Waals surface area contributed by atoms with Crippen LogP contribution >= 0.6 is 11.6 Å². The summed E-state index contributed by atoms with van der Waals surface area (Å²) in [7, 11) is -2.07. The highest BCUT2D eigenvalue weighted by Crippen LogP contribution is 2.32. The minimum atomic E-state index is -3.64. The maximum absolute atomic E-state index is 12.9. The second kappa shape index (κ2) is 7.44. The maximum atomic E-state index is 12.9. The predicted octanol–water partition coefficient (Wildman–Crippen LogP) is 2.45. The largest absolute Gasteiger partial charge is 0.497 e. The van der Waals surface area contributed by atoms with E-state index in [4.69, 9.17) is 16.3 Å². The van der Waals surface area contributed by atoms with Crippen LogP contribution in [0.25, 0.3) is 0 Å². The first-order chi connectivity index (χ1) is 13.8. The van der Waals surface area contributed by atoms with Gasteiger partial charge in [0.1, 0.15) is 17.1 Å². The van der Waals surface area contributed by atoms with Gasteiger partial charge in [-0.1, -0.05) is 17.7 Å². The second-order valence-corrected chi connectivity index (χ2v) is 9.41. The molecule has 1 fully saturated rings. The summed E-state index contributed by atoms with van der Waals surface area (Å²) in [5.74, 6) is 0.448. The number of benzene rings is 2. The zero-order valence-electron chi connectivity index (χ0n) is 15.8. The van der Waals surface area contributed by atoms with E-state index in [9.17, 15) is 13.2 Å². The number of ether oxygens (including phenoxy) is 1. The number of hydrogen-bond acceptors (Lipinski definition) is 5. The molecule has 0 bridgehead atoms. The van der Waals surface area contributed by atoms with Gasteiger partial charge >= 0.3 is 0 Å². The van der Waals surface area contributed by atoms with Crippen molar-refractivity contribution in [2.75, 3.05) is 20.2 Å². The Hall–Kier alpha value is -2.42. The average Bonchev–Trinajstić information content (AvgIpc) is 3.04. The molecule has 0 saturated carbocycles. The van der Waals surface area contributed by atoms with Crippen molar-refractivity contribution in [2.24, 2.45) is 4.99 Å². The fourth-order valence-electron chi connectivity index (χ4n) is 3.62. The van der Waals surface area contributed by atoms with Gasteiger partial charge in [0.15, 0.2) is 0 Å². The number of aliphatic imine (C=N–C) groups is 1. The number of methoxy groups -OCH3 is 1. The summed E-state index contributed by atoms with van der Waals surface area (Å²) in [6.07, 6.45) is 0.802. The molecule has 9 heteroatoms. The number of hydrogen-bond donors (Lipinski definition) is 1. The van der Waals surface area contributed by atoms with Crippen LogP contribution in [0.5, 0.6) is 5.75 Å². The first-order valence-corrected chi connectivity index (χ1v) is 11.0. The first-order valence-electron chi connectivity index (χ1n) is 9.16. The van der Waals surface area contributed by atoms with Crippen LogP contribution in [0.4, 0.5) is 0 Å². The number of amides is 1. The van der Waals surface area contributed by atoms with Crippen molar-refractivity contribution in [3.8, 4) is 5.75 Å². The van der Waals surface area contributed by atoms with Crippen molar-refractivity contribution in [2.45, 2.75) is 23.4 Å². The molecular weight excluding hydrogens is 414 g/mol. The lowest BCUT2D eigenvalue weighted by Crippen LogP contribution is -2.52. The summed E-state index contributed by atoms with van der Waals surface area (Å²) < 4.78 is 32.3. The Morgan fingerprint density at radius 2 is 1.83 bits per heavy atom. The molecule has 0 aromatic heterocycles. The molecule has 29 heavy (non-hydrogen) atoms. The molecular formula is C20H20ClN3O4S. The molecule has 7 nitrogen and oxygen atoms in total. The Kier molecular flexibility index (Phi) is 5.10. The van der Waals surface area contributed by atoms with E-state index in [1.165, 1.54) is 16.4 Å². The number of halogens is 1. The number of carbonyl (C=O) groups excluding carboxylic acids is 1. The van der Waals surface area contributed by atoms with Gasteiger partial charge in [-0.25, -0.2) is 8.42 Å². The molecule has 2 aromatic carbocycles. The highest BCUT2D eigenvalue weighted by Gasteiger charge is 2.44. The number of carbonyl (C=O) groups is 1. The minimum Gasteiger partial charge on any atom is -0.497 e. The van der Waals surface area contributed by atoms with Gasteiger partial charge in [-0.05, 0) is 42.5 Å². The number of sulfonamides is 1. The molecule has 0 atom stereocenters. The molecule has 0 unspecified atom stereocenters. The van der Waals surface area contributed by atoms with Gasteiger partial charge in [-0.3, -0.25) is 9.79 Å². The lowest BCUT2D eigenvalue weighted by molar-refractivity contribution is -0.115. The van der Waals surface area contributed by atoms with Crippen LogP contribution < -0.4 is 10.1 Å². The van der Waals surface area contributed by atoms with E-state index < -0.39 is 15.7 Å². The molecule has 2 aromatic rings. The number of nitrogens with one attached hydrogen (secondary N) is 1. The summed E-state index contributed by atoms with van der Waals surface area (Å²) in [6.45, 7) is 0.517. The quantitative estimate of drug-likeness (QED) is 0.802. The van der Waals surface area contributed by atoms with Crippen LogP contribution in [0.2, 0.25) is 5.02 Å². The van der Waals surface area contributed by atoms with Gasteiger partial charge < -0.3 is 10.1 Å². The molecule has 4 rings (SSSR count). The Morgan fingerprint density at radius 3 is 2.45 bits per heavy atom. The third-order valence-corrected chi connectivity index (χ3v) is 7.36. The maximum Gasteiger partial charge on any atom is 0.272 e. The molecule has 1 N–H and O–H groups in total. The standard InChI is InChI=1S/C20H20ClN3O4S/c1-28-16-7-5-14(6-8-16)18-19(25)23-20(22-18)9-11-24(12-10-20)29(26,27)17-4-2-3-15(21)13-17/h2-8,13H,9-12H2,1H3,(H,23,25). The fourth-order valence-corrected chi connectivity index (χ4v) is 5.36. The minimum absolute atomic E-state index is 0.166. The van der Waals surface area contributed by atoms with Crippen LogP contribution in [0.15, 0.2) is 58.4 Å². The van der Waals surface area contributed by atoms with E-state index >= 15 is 0 Å². The topological polar surface area (TPSA) is 88.1 Å². The molecule has 2 aliphatic heterocycles. The monoisotopic (exact) mass is 433 g/mol. The van der Waals surface area contributed by atoms with Crippen molar-refractivity contribution in [3.63, 3.8) is 0 Å². The van der Waals surface area contributed by atoms with E-state index in [2.05, 4.69) is 10.3 Å². The third kappa shape index (κ3) is 3.75. The zero-order chi connectivity index (χ0) is 20.6. The lowest BCUT2D eigenvalue weighted by atomic mass is 10.00. The number of rotatable bonds is 4. The summed E-state index contributed by atoms with van der Waals surface area (Å²) in [4.78, 5) is 17.3. The van der Waals surface area contributed by atoms with Crippen LogP contribution in [0.3, 0.4) is 0 Å². The lowest BCUT2D eigenvalue weighted by Gasteiger charge is -2.36. The summed E-state index contributed by atoms with van der Waals surface area (Å²) >= 11 is 5.94. The second-order valence-electron chi connectivity index (χ2n) is 7.04. The molecule has 2 heterocycles. The molecule has 1 amide bonds. The van der Waals surface area contributed by atoms with Gasteiger partial charge in [-0.2, -0.15) is 4.31 Å². The number of nitrogens with zero attached hydrogens (tertiary/aromatic N) is 2. The SMILES string of the molecule is COc1ccc(C2=NC3(CCN(S(=O)(=O)c4cccc(Cl)c4)CC3)NC2=O)cc1. The normalized spacial score (nSPS) is 19.1. The average molecular weight is 434 g/mol. The van der Waals surface area contributed by atoms with Crippen molar-refractivity contribution in [1.29, 1.82) is 0 Å². The first kappa shape index (κ1) is 19.9. The fraction of sp³-hybridized carbons (Fsp3) is 0.300. The Labute approximate surface area is 174 Å². The van der Waals surface area contributed by atoms with E-state index in [0.717, 1.165) is 0 Å². The van der Waals surface area contributed by atoms with E-state index in [1.807, 2.05) is 0 Å². The predicted molar refractivity (Wildman–Crippen MR) is 110 cm³/mol. The molecule has 1 spiro atoms. The van der Waals surface area contributed by atoms with Crippen LogP contribution in [-0.2, 0) is 14.8 Å². The van der Waals surface area contributed by atoms with E-state index in [-0.39, 0.29) is 23.9 Å². The van der Waals surface area contributed by atoms with Gasteiger partial charge in [0.05, 0.1) is 12.0 Å². The van der Waals surface area contributed by atoms with Gasteiger partial charge in [0.25, 0.3) is 5.91 Å². The molecule has 0 radical (unpaired) electrons. The Morgan fingerprint density at radius 1 is 1.14 bits per heavy atom. The number of piperidine rings is 1. The van der Waals surface area contributed by atoms with Gasteiger partial charge in [0, 0.05) is 36.5 Å². The smallest absolute Gasteiger partial charge is 0.272 e. The summed E-state index contributed by atoms with van der Waals surface area (Å²) in [6, 6.07) is 13.3. The summed E-state index contributed by atoms with van der Waals surface area (Å²) in [5, 5.41) is 3.32. The van der Waals surface area contributed by atoms with Gasteiger partial charge in [-0.15, -0.1) is 0 Å². The van der Waals surface area contributed by atoms with Gasteiger partial charge in [0.2, 0.25) is 10.0 Å². The molecule has 152 valence electrons. The van der Waals surface area contributed by atoms with Crippen molar-refractivity contribution in [3.05, 3.63) is 59.1 Å². The van der Waals surface area contributed by atoms with E-state index in [0.29, 0.717) is 34.9 Å². The highest BCUT2D eigenvalue weighted by molar-refractivity contribution is 7.89. The Bertz CT molecular complexity index is 1080. The van der Waals surface area contributed by atoms with E-state index in [1.54, 1.807) is 43.5 Å². The van der Waals surface area contributed by atoms with Crippen LogP contribution in [0.1, 0.15) is 18.4 Å². The Balaban J connectivity index is 1.52. The molecule has 0 aliphatic carbocycles. The highest BCUT2D eigenvalue weighted by atomic mass is 35.5. The van der Waals surface area contributed by atoms with Crippen LogP contribution in [-0.4, -0.2) is 50.2 Å². The van der Waals surface area contributed by atoms with Crippen LogP contribution in [0, 0.1) is 0 Å². The van der Waals surface area contributed by atoms with Crippen molar-refractivity contribution >= 4 is 33.2 Å².